The lowest BCUT2D eigenvalue weighted by Crippen LogP contribution is -2.25. The molecule has 1 nitrogen and oxygen atoms in total. The Hall–Kier alpha value is -0.530. The van der Waals surface area contributed by atoms with Gasteiger partial charge in [0.1, 0.15) is 0 Å². The normalized spacial score (nSPS) is 18.3. The third-order valence-corrected chi connectivity index (χ3v) is 3.39. The predicted octanol–water partition coefficient (Wildman–Crippen LogP) is 2.99. The van der Waals surface area contributed by atoms with E-state index in [-0.39, 0.29) is 5.54 Å². The van der Waals surface area contributed by atoms with Crippen molar-refractivity contribution in [1.82, 2.24) is 0 Å². The minimum absolute atomic E-state index is 0.0713. The van der Waals surface area contributed by atoms with Crippen LogP contribution in [0.25, 0.3) is 0 Å². The molecule has 1 aromatic carbocycles. The summed E-state index contributed by atoms with van der Waals surface area (Å²) in [6.07, 6.45) is 3.27. The number of hydrogen-bond acceptors (Lipinski definition) is 1. The topological polar surface area (TPSA) is 26.0 Å². The maximum Gasteiger partial charge on any atom is 0.0411 e. The van der Waals surface area contributed by atoms with Gasteiger partial charge in [0.05, 0.1) is 0 Å². The quantitative estimate of drug-likeness (QED) is 0.797. The molecule has 2 heteroatoms. The van der Waals surface area contributed by atoms with Crippen molar-refractivity contribution < 1.29 is 0 Å². The van der Waals surface area contributed by atoms with Crippen molar-refractivity contribution >= 4 is 11.6 Å². The zero-order valence-corrected chi connectivity index (χ0v) is 9.49. The Bertz CT molecular complexity index is 367. The Balaban J connectivity index is 2.32. The second-order valence-electron chi connectivity index (χ2n) is 4.55. The maximum absolute atomic E-state index is 6.10. The summed E-state index contributed by atoms with van der Waals surface area (Å²) in [5.74, 6) is 0. The first-order valence-corrected chi connectivity index (χ1v) is 5.42. The molecule has 0 aromatic heterocycles. The highest BCUT2D eigenvalue weighted by Crippen LogP contribution is 2.37. The van der Waals surface area contributed by atoms with Gasteiger partial charge in [-0.15, -0.1) is 0 Å². The molecule has 0 radical (unpaired) electrons. The molecule has 0 unspecified atom stereocenters. The number of nitrogens with two attached hydrogens (primary N) is 1. The van der Waals surface area contributed by atoms with Gasteiger partial charge in [-0.25, -0.2) is 0 Å². The van der Waals surface area contributed by atoms with Crippen molar-refractivity contribution in [2.24, 2.45) is 5.73 Å². The zero-order valence-electron chi connectivity index (χ0n) is 8.73. The Morgan fingerprint density at radius 1 is 1.36 bits per heavy atom. The molecule has 0 heterocycles. The van der Waals surface area contributed by atoms with Gasteiger partial charge < -0.3 is 5.73 Å². The van der Waals surface area contributed by atoms with Gasteiger partial charge in [0, 0.05) is 10.6 Å². The highest BCUT2D eigenvalue weighted by molar-refractivity contribution is 6.30. The third kappa shape index (κ3) is 1.94. The average Bonchev–Trinajstić information content (AvgIpc) is 2.79. The average molecular weight is 210 g/mol. The fourth-order valence-corrected chi connectivity index (χ4v) is 2.08. The number of hydrogen-bond donors (Lipinski definition) is 1. The van der Waals surface area contributed by atoms with E-state index in [1.807, 2.05) is 6.07 Å². The fraction of sp³-hybridized carbons (Fsp3) is 0.500. The highest BCUT2D eigenvalue weighted by Gasteiger charge is 2.38. The van der Waals surface area contributed by atoms with Crippen molar-refractivity contribution in [1.29, 1.82) is 0 Å². The lowest BCUT2D eigenvalue weighted by Gasteiger charge is -2.13. The van der Waals surface area contributed by atoms with E-state index in [2.05, 4.69) is 19.9 Å². The Labute approximate surface area is 90.3 Å². The molecular formula is C12H16ClN. The van der Waals surface area contributed by atoms with Crippen molar-refractivity contribution in [3.05, 3.63) is 33.8 Å². The number of benzene rings is 1. The van der Waals surface area contributed by atoms with Gasteiger partial charge in [-0.3, -0.25) is 0 Å². The van der Waals surface area contributed by atoms with Crippen LogP contribution in [0.1, 0.15) is 29.5 Å². The summed E-state index contributed by atoms with van der Waals surface area (Å²) < 4.78 is 0. The molecule has 2 rings (SSSR count). The summed E-state index contributed by atoms with van der Waals surface area (Å²) in [7, 11) is 0. The van der Waals surface area contributed by atoms with Crippen molar-refractivity contribution in [3.8, 4) is 0 Å². The maximum atomic E-state index is 6.10. The van der Waals surface area contributed by atoms with Crippen LogP contribution in [-0.4, -0.2) is 5.54 Å². The van der Waals surface area contributed by atoms with Crippen LogP contribution in [0.2, 0.25) is 5.02 Å². The van der Waals surface area contributed by atoms with Gasteiger partial charge in [0.15, 0.2) is 0 Å². The molecule has 1 fully saturated rings. The summed E-state index contributed by atoms with van der Waals surface area (Å²) in [6, 6.07) is 4.06. The van der Waals surface area contributed by atoms with Crippen LogP contribution in [-0.2, 0) is 6.42 Å². The smallest absolute Gasteiger partial charge is 0.0411 e. The van der Waals surface area contributed by atoms with E-state index in [9.17, 15) is 0 Å². The van der Waals surface area contributed by atoms with E-state index in [4.69, 9.17) is 17.3 Å². The summed E-state index contributed by atoms with van der Waals surface area (Å²) in [5.41, 5.74) is 10.1. The van der Waals surface area contributed by atoms with Gasteiger partial charge in [-0.05, 0) is 61.9 Å². The van der Waals surface area contributed by atoms with E-state index in [0.29, 0.717) is 0 Å². The van der Waals surface area contributed by atoms with Crippen molar-refractivity contribution in [2.75, 3.05) is 0 Å². The fourth-order valence-electron chi connectivity index (χ4n) is 1.78. The van der Waals surface area contributed by atoms with Crippen LogP contribution < -0.4 is 5.73 Å². The largest absolute Gasteiger partial charge is 0.325 e. The summed E-state index contributed by atoms with van der Waals surface area (Å²) >= 11 is 6.03. The van der Waals surface area contributed by atoms with E-state index >= 15 is 0 Å². The first-order chi connectivity index (χ1) is 6.50. The van der Waals surface area contributed by atoms with Crippen LogP contribution in [0.4, 0.5) is 0 Å². The molecule has 0 atom stereocenters. The molecule has 0 bridgehead atoms. The molecule has 1 saturated carbocycles. The second kappa shape index (κ2) is 3.25. The van der Waals surface area contributed by atoms with Crippen LogP contribution in [0.3, 0.4) is 0 Å². The molecule has 0 spiro atoms. The lowest BCUT2D eigenvalue weighted by atomic mass is 9.97. The first kappa shape index (κ1) is 10.0. The van der Waals surface area contributed by atoms with E-state index in [1.165, 1.54) is 16.7 Å². The van der Waals surface area contributed by atoms with Crippen LogP contribution in [0, 0.1) is 13.8 Å². The van der Waals surface area contributed by atoms with Gasteiger partial charge >= 0.3 is 0 Å². The standard InChI is InChI=1S/C12H16ClN/c1-8-5-11(13)6-10(9(8)2)7-12(14)3-4-12/h5-6H,3-4,7,14H2,1-2H3. The van der Waals surface area contributed by atoms with E-state index in [1.54, 1.807) is 0 Å². The van der Waals surface area contributed by atoms with Crippen LogP contribution >= 0.6 is 11.6 Å². The molecule has 1 aromatic rings. The Kier molecular flexibility index (Phi) is 2.32. The summed E-state index contributed by atoms with van der Waals surface area (Å²) in [6.45, 7) is 4.24. The zero-order chi connectivity index (χ0) is 10.3. The van der Waals surface area contributed by atoms with Gasteiger partial charge in [0.25, 0.3) is 0 Å². The minimum Gasteiger partial charge on any atom is -0.325 e. The number of halogens is 1. The molecule has 0 aliphatic heterocycles. The molecule has 14 heavy (non-hydrogen) atoms. The van der Waals surface area contributed by atoms with Gasteiger partial charge in [0.2, 0.25) is 0 Å². The second-order valence-corrected chi connectivity index (χ2v) is 4.98. The summed E-state index contributed by atoms with van der Waals surface area (Å²) in [5, 5.41) is 0.826. The van der Waals surface area contributed by atoms with Crippen molar-refractivity contribution in [3.63, 3.8) is 0 Å². The number of rotatable bonds is 2. The lowest BCUT2D eigenvalue weighted by molar-refractivity contribution is 0.669. The van der Waals surface area contributed by atoms with Crippen LogP contribution in [0.5, 0.6) is 0 Å². The van der Waals surface area contributed by atoms with Crippen molar-refractivity contribution in [2.45, 2.75) is 38.6 Å². The molecular weight excluding hydrogens is 194 g/mol. The van der Waals surface area contributed by atoms with Gasteiger partial charge in [-0.1, -0.05) is 11.6 Å². The predicted molar refractivity (Wildman–Crippen MR) is 60.8 cm³/mol. The number of aryl methyl sites for hydroxylation is 1. The molecule has 1 aliphatic carbocycles. The van der Waals surface area contributed by atoms with E-state index in [0.717, 1.165) is 24.3 Å². The Morgan fingerprint density at radius 2 is 2.00 bits per heavy atom. The molecule has 1 aliphatic rings. The molecule has 2 N–H and O–H groups in total. The molecule has 0 saturated heterocycles. The Morgan fingerprint density at radius 3 is 2.57 bits per heavy atom. The first-order valence-electron chi connectivity index (χ1n) is 5.05. The SMILES string of the molecule is Cc1cc(Cl)cc(CC2(N)CC2)c1C. The van der Waals surface area contributed by atoms with Crippen LogP contribution in [0.15, 0.2) is 12.1 Å². The summed E-state index contributed by atoms with van der Waals surface area (Å²) in [4.78, 5) is 0. The third-order valence-electron chi connectivity index (χ3n) is 3.17. The molecule has 0 amide bonds. The molecule has 76 valence electrons. The monoisotopic (exact) mass is 209 g/mol. The van der Waals surface area contributed by atoms with Gasteiger partial charge in [-0.2, -0.15) is 0 Å². The highest BCUT2D eigenvalue weighted by atomic mass is 35.5. The minimum atomic E-state index is 0.0713. The van der Waals surface area contributed by atoms with E-state index < -0.39 is 0 Å².